The van der Waals surface area contributed by atoms with Gasteiger partial charge in [0.1, 0.15) is 5.41 Å². The number of carbonyl (C=O) groups excluding carboxylic acids is 1. The number of aliphatic imine (C=N–C) groups is 1. The molecule has 0 aromatic heterocycles. The summed E-state index contributed by atoms with van der Waals surface area (Å²) in [6.45, 7) is 1.03. The van der Waals surface area contributed by atoms with E-state index in [1.54, 1.807) is 6.21 Å². The zero-order valence-corrected chi connectivity index (χ0v) is 11.6. The number of piperidine rings is 1. The summed E-state index contributed by atoms with van der Waals surface area (Å²) in [6.07, 6.45) is 4.94. The Bertz CT molecular complexity index is 610. The third-order valence-corrected chi connectivity index (χ3v) is 5.02. The Hall–Kier alpha value is -1.68. The Morgan fingerprint density at radius 1 is 1.50 bits per heavy atom. The molecule has 1 N–H and O–H groups in total. The van der Waals surface area contributed by atoms with Crippen LogP contribution in [0.3, 0.4) is 0 Å². The van der Waals surface area contributed by atoms with E-state index in [4.69, 9.17) is 4.74 Å². The van der Waals surface area contributed by atoms with Crippen molar-refractivity contribution in [1.29, 1.82) is 0 Å². The van der Waals surface area contributed by atoms with Crippen LogP contribution in [0.15, 0.2) is 23.2 Å². The quantitative estimate of drug-likeness (QED) is 0.795. The van der Waals surface area contributed by atoms with Crippen LogP contribution in [0.5, 0.6) is 0 Å². The van der Waals surface area contributed by atoms with Gasteiger partial charge in [-0.15, -0.1) is 0 Å². The molecule has 1 aliphatic carbocycles. The molecule has 1 fully saturated rings. The van der Waals surface area contributed by atoms with E-state index in [0.717, 1.165) is 24.2 Å². The predicted molar refractivity (Wildman–Crippen MR) is 76.7 cm³/mol. The fraction of sp³-hybridized carbons (Fsp3) is 0.500. The van der Waals surface area contributed by atoms with E-state index in [1.165, 1.54) is 25.5 Å². The molecule has 3 aliphatic rings. The first-order valence-electron chi connectivity index (χ1n) is 7.27. The number of esters is 1. The van der Waals surface area contributed by atoms with Gasteiger partial charge in [0.2, 0.25) is 0 Å². The van der Waals surface area contributed by atoms with E-state index >= 15 is 0 Å². The van der Waals surface area contributed by atoms with E-state index in [-0.39, 0.29) is 5.97 Å². The number of hydrogen-bond acceptors (Lipinski definition) is 4. The van der Waals surface area contributed by atoms with Crippen LogP contribution in [0.25, 0.3) is 0 Å². The summed E-state index contributed by atoms with van der Waals surface area (Å²) in [5, 5.41) is 3.58. The van der Waals surface area contributed by atoms with Crippen LogP contribution in [0, 0.1) is 0 Å². The predicted octanol–water partition coefficient (Wildman–Crippen LogP) is 2.05. The molecule has 1 saturated heterocycles. The molecule has 4 nitrogen and oxygen atoms in total. The SMILES string of the molecule is COC(=O)C12C=Nc3cccc(c31)[C@H]1CCCN[C@@H]1C2. The summed E-state index contributed by atoms with van der Waals surface area (Å²) in [5.41, 5.74) is 2.65. The smallest absolute Gasteiger partial charge is 0.321 e. The summed E-state index contributed by atoms with van der Waals surface area (Å²) in [5.74, 6) is 0.316. The van der Waals surface area contributed by atoms with Crippen molar-refractivity contribution in [2.45, 2.75) is 36.6 Å². The number of methoxy groups -OCH3 is 1. The summed E-state index contributed by atoms with van der Waals surface area (Å²) >= 11 is 0. The summed E-state index contributed by atoms with van der Waals surface area (Å²) < 4.78 is 5.10. The molecule has 0 bridgehead atoms. The summed E-state index contributed by atoms with van der Waals surface area (Å²) in [6, 6.07) is 6.55. The lowest BCUT2D eigenvalue weighted by molar-refractivity contribution is -0.145. The van der Waals surface area contributed by atoms with Crippen molar-refractivity contribution in [1.82, 2.24) is 5.32 Å². The molecule has 1 unspecified atom stereocenters. The minimum absolute atomic E-state index is 0.182. The van der Waals surface area contributed by atoms with Gasteiger partial charge in [-0.2, -0.15) is 0 Å². The zero-order chi connectivity index (χ0) is 13.7. The first-order valence-corrected chi connectivity index (χ1v) is 7.27. The lowest BCUT2D eigenvalue weighted by Crippen LogP contribution is -2.52. The van der Waals surface area contributed by atoms with Crippen LogP contribution in [0.2, 0.25) is 0 Å². The first kappa shape index (κ1) is 12.1. The fourth-order valence-corrected chi connectivity index (χ4v) is 4.17. The van der Waals surface area contributed by atoms with Crippen LogP contribution in [-0.4, -0.2) is 31.9 Å². The number of fused-ring (bicyclic) bond motifs is 2. The topological polar surface area (TPSA) is 50.7 Å². The van der Waals surface area contributed by atoms with Crippen LogP contribution >= 0.6 is 0 Å². The van der Waals surface area contributed by atoms with Crippen LogP contribution in [0.1, 0.15) is 36.3 Å². The van der Waals surface area contributed by atoms with Crippen molar-refractivity contribution in [2.24, 2.45) is 4.99 Å². The Kier molecular flexibility index (Phi) is 2.51. The Morgan fingerprint density at radius 2 is 2.40 bits per heavy atom. The van der Waals surface area contributed by atoms with E-state index in [0.29, 0.717) is 12.0 Å². The molecular weight excluding hydrogens is 252 g/mol. The lowest BCUT2D eigenvalue weighted by atomic mass is 9.63. The molecule has 0 radical (unpaired) electrons. The minimum atomic E-state index is -0.674. The third-order valence-electron chi connectivity index (χ3n) is 5.02. The molecule has 20 heavy (non-hydrogen) atoms. The number of carbonyl (C=O) groups is 1. The second-order valence-electron chi connectivity index (χ2n) is 5.98. The average Bonchev–Trinajstić information content (AvgIpc) is 2.88. The molecular formula is C16H18N2O2. The first-order chi connectivity index (χ1) is 9.76. The van der Waals surface area contributed by atoms with Crippen LogP contribution in [-0.2, 0) is 14.9 Å². The molecule has 0 amide bonds. The average molecular weight is 270 g/mol. The van der Waals surface area contributed by atoms with Gasteiger partial charge in [0.15, 0.2) is 0 Å². The third kappa shape index (κ3) is 1.40. The highest BCUT2D eigenvalue weighted by Gasteiger charge is 2.53. The van der Waals surface area contributed by atoms with Gasteiger partial charge in [-0.05, 0) is 43.4 Å². The number of rotatable bonds is 1. The van der Waals surface area contributed by atoms with Gasteiger partial charge >= 0.3 is 5.97 Å². The molecule has 0 saturated carbocycles. The molecule has 3 atom stereocenters. The van der Waals surface area contributed by atoms with Crippen LogP contribution < -0.4 is 5.32 Å². The van der Waals surface area contributed by atoms with Gasteiger partial charge in [-0.25, -0.2) is 0 Å². The Balaban J connectivity index is 1.93. The number of nitrogens with zero attached hydrogens (tertiary/aromatic N) is 1. The maximum Gasteiger partial charge on any atom is 0.321 e. The number of hydrogen-bond donors (Lipinski definition) is 1. The highest BCUT2D eigenvalue weighted by atomic mass is 16.5. The maximum absolute atomic E-state index is 12.4. The van der Waals surface area contributed by atoms with Gasteiger partial charge in [0.05, 0.1) is 12.8 Å². The molecule has 1 aromatic carbocycles. The standard InChI is InChI=1S/C16H18N2O2/c1-20-15(19)16-8-13-10(5-3-7-17-13)11-4-2-6-12(14(11)16)18-9-16/h2,4,6,9-10,13,17H,3,5,7-8H2,1H3/t10-,13-,16?/m1/s1. The molecule has 4 rings (SSSR count). The molecule has 2 aliphatic heterocycles. The van der Waals surface area contributed by atoms with Gasteiger partial charge in [-0.3, -0.25) is 9.79 Å². The molecule has 2 heterocycles. The zero-order valence-electron chi connectivity index (χ0n) is 11.6. The second-order valence-corrected chi connectivity index (χ2v) is 5.98. The fourth-order valence-electron chi connectivity index (χ4n) is 4.17. The molecule has 4 heteroatoms. The minimum Gasteiger partial charge on any atom is -0.468 e. The lowest BCUT2D eigenvalue weighted by Gasteiger charge is -2.43. The highest BCUT2D eigenvalue weighted by Crippen LogP contribution is 2.51. The largest absolute Gasteiger partial charge is 0.468 e. The Morgan fingerprint density at radius 3 is 3.25 bits per heavy atom. The van der Waals surface area contributed by atoms with Gasteiger partial charge in [0.25, 0.3) is 0 Å². The second kappa shape index (κ2) is 4.16. The van der Waals surface area contributed by atoms with E-state index in [9.17, 15) is 4.79 Å². The summed E-state index contributed by atoms with van der Waals surface area (Å²) in [4.78, 5) is 16.9. The van der Waals surface area contributed by atoms with Crippen LogP contribution in [0.4, 0.5) is 5.69 Å². The van der Waals surface area contributed by atoms with Gasteiger partial charge < -0.3 is 10.1 Å². The molecule has 104 valence electrons. The number of ether oxygens (including phenoxy) is 1. The van der Waals surface area contributed by atoms with Crippen molar-refractivity contribution in [3.05, 3.63) is 29.3 Å². The normalized spacial score (nSPS) is 33.5. The van der Waals surface area contributed by atoms with Crippen molar-refractivity contribution >= 4 is 17.9 Å². The highest BCUT2D eigenvalue weighted by molar-refractivity contribution is 6.07. The number of benzene rings is 1. The maximum atomic E-state index is 12.4. The number of nitrogens with one attached hydrogen (secondary N) is 1. The molecule has 1 aromatic rings. The monoisotopic (exact) mass is 270 g/mol. The molecule has 0 spiro atoms. The van der Waals surface area contributed by atoms with Crippen molar-refractivity contribution < 1.29 is 9.53 Å². The van der Waals surface area contributed by atoms with Crippen molar-refractivity contribution in [3.63, 3.8) is 0 Å². The van der Waals surface area contributed by atoms with E-state index in [1.807, 2.05) is 6.07 Å². The van der Waals surface area contributed by atoms with Gasteiger partial charge in [0, 0.05) is 17.8 Å². The summed E-state index contributed by atoms with van der Waals surface area (Å²) in [7, 11) is 1.46. The van der Waals surface area contributed by atoms with Gasteiger partial charge in [-0.1, -0.05) is 12.1 Å². The van der Waals surface area contributed by atoms with E-state index in [2.05, 4.69) is 22.4 Å². The van der Waals surface area contributed by atoms with Crippen molar-refractivity contribution in [2.75, 3.05) is 13.7 Å². The Labute approximate surface area is 118 Å². The van der Waals surface area contributed by atoms with E-state index < -0.39 is 5.41 Å². The van der Waals surface area contributed by atoms with Crippen molar-refractivity contribution in [3.8, 4) is 0 Å².